The number of carbonyl (C=O) groups is 1. The lowest BCUT2D eigenvalue weighted by atomic mass is 9.95. The van der Waals surface area contributed by atoms with Gasteiger partial charge in [-0.2, -0.15) is 0 Å². The lowest BCUT2D eigenvalue weighted by Crippen LogP contribution is -2.51. The summed E-state index contributed by atoms with van der Waals surface area (Å²) >= 11 is 0. The van der Waals surface area contributed by atoms with Gasteiger partial charge in [0.1, 0.15) is 0 Å². The van der Waals surface area contributed by atoms with Crippen LogP contribution >= 0.6 is 24.8 Å². The number of nitrogens with one attached hydrogen (secondary N) is 1. The van der Waals surface area contributed by atoms with Crippen molar-refractivity contribution in [2.24, 2.45) is 5.92 Å². The molecule has 0 radical (unpaired) electrons. The average Bonchev–Trinajstić information content (AvgIpc) is 2.53. The van der Waals surface area contributed by atoms with Crippen LogP contribution in [0.4, 0.5) is 0 Å². The van der Waals surface area contributed by atoms with Crippen molar-refractivity contribution in [3.05, 3.63) is 0 Å². The highest BCUT2D eigenvalue weighted by atomic mass is 35.5. The third kappa shape index (κ3) is 6.23. The maximum absolute atomic E-state index is 12.4. The van der Waals surface area contributed by atoms with E-state index in [2.05, 4.69) is 29.0 Å². The van der Waals surface area contributed by atoms with E-state index >= 15 is 0 Å². The number of piperidine rings is 2. The van der Waals surface area contributed by atoms with Crippen molar-refractivity contribution in [2.45, 2.75) is 52.0 Å². The van der Waals surface area contributed by atoms with Crippen LogP contribution in [-0.4, -0.2) is 61.0 Å². The fourth-order valence-electron chi connectivity index (χ4n) is 3.47. The number of hydrogen-bond donors (Lipinski definition) is 1. The Kier molecular flexibility index (Phi) is 11.5. The molecule has 1 atom stereocenters. The molecule has 132 valence electrons. The Labute approximate surface area is 148 Å². The summed E-state index contributed by atoms with van der Waals surface area (Å²) in [4.78, 5) is 17.1. The molecule has 2 heterocycles. The summed E-state index contributed by atoms with van der Waals surface area (Å²) in [6.45, 7) is 10.9. The minimum Gasteiger partial charge on any atom is -0.341 e. The van der Waals surface area contributed by atoms with Crippen molar-refractivity contribution >= 4 is 30.7 Å². The van der Waals surface area contributed by atoms with Gasteiger partial charge in [-0.15, -0.1) is 24.8 Å². The number of rotatable bonds is 5. The van der Waals surface area contributed by atoms with Crippen LogP contribution in [0.5, 0.6) is 0 Å². The van der Waals surface area contributed by atoms with E-state index in [0.717, 1.165) is 45.1 Å². The zero-order valence-corrected chi connectivity index (χ0v) is 15.7. The first kappa shape index (κ1) is 22.0. The van der Waals surface area contributed by atoms with Crippen LogP contribution in [-0.2, 0) is 4.79 Å². The van der Waals surface area contributed by atoms with Gasteiger partial charge in [0.2, 0.25) is 5.91 Å². The second-order valence-corrected chi connectivity index (χ2v) is 6.26. The first-order chi connectivity index (χ1) is 9.74. The second kappa shape index (κ2) is 11.5. The van der Waals surface area contributed by atoms with E-state index in [9.17, 15) is 4.79 Å². The molecule has 2 aliphatic rings. The predicted molar refractivity (Wildman–Crippen MR) is 97.2 cm³/mol. The quantitative estimate of drug-likeness (QED) is 0.824. The molecule has 1 N–H and O–H groups in total. The highest BCUT2D eigenvalue weighted by Crippen LogP contribution is 2.20. The third-order valence-corrected chi connectivity index (χ3v) is 4.95. The van der Waals surface area contributed by atoms with Crippen molar-refractivity contribution in [3.63, 3.8) is 0 Å². The molecule has 4 nitrogen and oxygen atoms in total. The van der Waals surface area contributed by atoms with E-state index in [4.69, 9.17) is 0 Å². The number of hydrogen-bond acceptors (Lipinski definition) is 3. The van der Waals surface area contributed by atoms with Crippen molar-refractivity contribution in [3.8, 4) is 0 Å². The molecule has 0 aliphatic carbocycles. The van der Waals surface area contributed by atoms with Crippen molar-refractivity contribution in [1.82, 2.24) is 15.1 Å². The molecule has 1 amide bonds. The molecule has 2 fully saturated rings. The van der Waals surface area contributed by atoms with E-state index in [-0.39, 0.29) is 30.9 Å². The Balaban J connectivity index is 0.00000220. The van der Waals surface area contributed by atoms with Gasteiger partial charge < -0.3 is 15.1 Å². The predicted octanol–water partition coefficient (Wildman–Crippen LogP) is 2.55. The summed E-state index contributed by atoms with van der Waals surface area (Å²) in [6.07, 6.45) is 5.79. The molecular formula is C16H33Cl2N3O. The van der Waals surface area contributed by atoms with Gasteiger partial charge in [-0.25, -0.2) is 0 Å². The van der Waals surface area contributed by atoms with E-state index in [1.165, 1.54) is 32.2 Å². The van der Waals surface area contributed by atoms with E-state index in [0.29, 0.717) is 5.91 Å². The fourth-order valence-corrected chi connectivity index (χ4v) is 3.47. The van der Waals surface area contributed by atoms with Crippen LogP contribution in [0.1, 0.15) is 46.0 Å². The average molecular weight is 354 g/mol. The van der Waals surface area contributed by atoms with E-state index in [1.54, 1.807) is 0 Å². The summed E-state index contributed by atoms with van der Waals surface area (Å²) in [6, 6.07) is 0.100. The lowest BCUT2D eigenvalue weighted by Gasteiger charge is -2.37. The van der Waals surface area contributed by atoms with Crippen LogP contribution < -0.4 is 5.32 Å². The minimum absolute atomic E-state index is 0. The number of amides is 1. The third-order valence-electron chi connectivity index (χ3n) is 4.95. The zero-order valence-electron chi connectivity index (χ0n) is 14.1. The molecular weight excluding hydrogens is 321 g/mol. The Morgan fingerprint density at radius 2 is 1.73 bits per heavy atom. The van der Waals surface area contributed by atoms with Gasteiger partial charge in [-0.05, 0) is 51.2 Å². The molecule has 6 heteroatoms. The Morgan fingerprint density at radius 1 is 1.09 bits per heavy atom. The minimum atomic E-state index is 0. The Hall–Kier alpha value is -0.0300. The molecule has 0 spiro atoms. The molecule has 0 aromatic carbocycles. The van der Waals surface area contributed by atoms with Crippen LogP contribution in [0.3, 0.4) is 0 Å². The van der Waals surface area contributed by atoms with Gasteiger partial charge >= 0.3 is 0 Å². The molecule has 2 saturated heterocycles. The van der Waals surface area contributed by atoms with E-state index in [1.807, 2.05) is 0 Å². The van der Waals surface area contributed by atoms with Gasteiger partial charge in [0, 0.05) is 19.6 Å². The van der Waals surface area contributed by atoms with Gasteiger partial charge in [0.05, 0.1) is 6.04 Å². The molecule has 2 rings (SSSR count). The molecule has 2 aliphatic heterocycles. The van der Waals surface area contributed by atoms with Crippen LogP contribution in [0, 0.1) is 5.92 Å². The van der Waals surface area contributed by atoms with Crippen LogP contribution in [0.25, 0.3) is 0 Å². The summed E-state index contributed by atoms with van der Waals surface area (Å²) in [5.41, 5.74) is 0. The van der Waals surface area contributed by atoms with E-state index < -0.39 is 0 Å². The van der Waals surface area contributed by atoms with Crippen LogP contribution in [0.15, 0.2) is 0 Å². The molecule has 0 aromatic heterocycles. The maximum Gasteiger partial charge on any atom is 0.239 e. The number of likely N-dealkylation sites (tertiary alicyclic amines) is 1. The number of halogens is 2. The standard InChI is InChI=1S/C16H31N3O.2ClH/c1-3-18(4-2)13-14-8-11-19(12-9-14)16(20)15-7-5-6-10-17-15;;/h14-15,17H,3-13H2,1-2H3;2*1H. The zero-order chi connectivity index (χ0) is 14.4. The normalized spacial score (nSPS) is 22.9. The molecule has 0 saturated carbocycles. The SMILES string of the molecule is CCN(CC)CC1CCN(C(=O)C2CCCCN2)CC1.Cl.Cl. The summed E-state index contributed by atoms with van der Waals surface area (Å²) in [7, 11) is 0. The maximum atomic E-state index is 12.4. The highest BCUT2D eigenvalue weighted by molar-refractivity contribution is 5.85. The van der Waals surface area contributed by atoms with Gasteiger partial charge in [0.15, 0.2) is 0 Å². The largest absolute Gasteiger partial charge is 0.341 e. The van der Waals surface area contributed by atoms with Gasteiger partial charge in [-0.3, -0.25) is 4.79 Å². The summed E-state index contributed by atoms with van der Waals surface area (Å²) < 4.78 is 0. The number of nitrogens with zero attached hydrogens (tertiary/aromatic N) is 2. The Bertz CT molecular complexity index is 300. The lowest BCUT2D eigenvalue weighted by molar-refractivity contribution is -0.135. The first-order valence-corrected chi connectivity index (χ1v) is 8.49. The number of carbonyl (C=O) groups excluding carboxylic acids is 1. The molecule has 1 unspecified atom stereocenters. The molecule has 0 aromatic rings. The van der Waals surface area contributed by atoms with Crippen molar-refractivity contribution in [1.29, 1.82) is 0 Å². The van der Waals surface area contributed by atoms with Crippen LogP contribution in [0.2, 0.25) is 0 Å². The summed E-state index contributed by atoms with van der Waals surface area (Å²) in [5.74, 6) is 1.13. The summed E-state index contributed by atoms with van der Waals surface area (Å²) in [5, 5.41) is 3.38. The molecule has 0 bridgehead atoms. The van der Waals surface area contributed by atoms with Crippen molar-refractivity contribution < 1.29 is 4.79 Å². The molecule has 22 heavy (non-hydrogen) atoms. The van der Waals surface area contributed by atoms with Gasteiger partial charge in [0.25, 0.3) is 0 Å². The highest BCUT2D eigenvalue weighted by Gasteiger charge is 2.29. The van der Waals surface area contributed by atoms with Crippen molar-refractivity contribution in [2.75, 3.05) is 39.3 Å². The second-order valence-electron chi connectivity index (χ2n) is 6.26. The smallest absolute Gasteiger partial charge is 0.239 e. The topological polar surface area (TPSA) is 35.6 Å². The van der Waals surface area contributed by atoms with Gasteiger partial charge in [-0.1, -0.05) is 20.3 Å². The Morgan fingerprint density at radius 3 is 2.23 bits per heavy atom. The monoisotopic (exact) mass is 353 g/mol. The first-order valence-electron chi connectivity index (χ1n) is 8.49. The fraction of sp³-hybridized carbons (Fsp3) is 0.938.